The summed E-state index contributed by atoms with van der Waals surface area (Å²) in [7, 11) is 0. The number of aromatic nitrogens is 1. The van der Waals surface area contributed by atoms with Gasteiger partial charge in [-0.1, -0.05) is 12.7 Å². The smallest absolute Gasteiger partial charge is 0.217 e. The largest absolute Gasteiger partial charge is 0.326 e. The first kappa shape index (κ1) is 7.88. The molecule has 1 aromatic rings. The van der Waals surface area contributed by atoms with Gasteiger partial charge < -0.3 is 5.73 Å². The van der Waals surface area contributed by atoms with Gasteiger partial charge in [0, 0.05) is 18.3 Å². The lowest BCUT2D eigenvalue weighted by molar-refractivity contribution is 0.567. The van der Waals surface area contributed by atoms with E-state index in [1.807, 2.05) is 0 Å². The molecular formula is C8H9FN2. The van der Waals surface area contributed by atoms with Gasteiger partial charge >= 0.3 is 0 Å². The van der Waals surface area contributed by atoms with Gasteiger partial charge in [-0.15, -0.1) is 0 Å². The van der Waals surface area contributed by atoms with Gasteiger partial charge in [-0.25, -0.2) is 4.98 Å². The van der Waals surface area contributed by atoms with E-state index in [1.165, 1.54) is 6.20 Å². The summed E-state index contributed by atoms with van der Waals surface area (Å²) in [6, 6.07) is 1.63. The molecule has 0 aliphatic heterocycles. The summed E-state index contributed by atoms with van der Waals surface area (Å²) in [5.41, 5.74) is 6.46. The van der Waals surface area contributed by atoms with Gasteiger partial charge in [-0.05, 0) is 11.6 Å². The van der Waals surface area contributed by atoms with Crippen LogP contribution in [0.4, 0.5) is 4.39 Å². The molecule has 0 aliphatic rings. The van der Waals surface area contributed by atoms with E-state index in [0.717, 1.165) is 5.56 Å². The quantitative estimate of drug-likeness (QED) is 0.649. The van der Waals surface area contributed by atoms with Crippen molar-refractivity contribution in [3.63, 3.8) is 0 Å². The molecule has 11 heavy (non-hydrogen) atoms. The van der Waals surface area contributed by atoms with Crippen molar-refractivity contribution in [2.75, 3.05) is 0 Å². The second-order valence-corrected chi connectivity index (χ2v) is 2.13. The maximum atomic E-state index is 12.7. The van der Waals surface area contributed by atoms with Crippen molar-refractivity contribution in [3.05, 3.63) is 35.9 Å². The van der Waals surface area contributed by atoms with Crippen LogP contribution in [0.3, 0.4) is 0 Å². The zero-order valence-corrected chi connectivity index (χ0v) is 6.05. The normalized spacial score (nSPS) is 9.64. The van der Waals surface area contributed by atoms with Crippen LogP contribution in [-0.2, 0) is 6.54 Å². The van der Waals surface area contributed by atoms with Crippen molar-refractivity contribution in [2.24, 2.45) is 5.73 Å². The summed E-state index contributed by atoms with van der Waals surface area (Å²) >= 11 is 0. The summed E-state index contributed by atoms with van der Waals surface area (Å²) in [5, 5.41) is 0. The zero-order chi connectivity index (χ0) is 8.27. The Morgan fingerprint density at radius 1 is 1.73 bits per heavy atom. The highest BCUT2D eigenvalue weighted by atomic mass is 19.1. The number of halogens is 1. The van der Waals surface area contributed by atoms with E-state index in [4.69, 9.17) is 5.73 Å². The Balaban J connectivity index is 3.12. The van der Waals surface area contributed by atoms with Crippen LogP contribution in [0.25, 0.3) is 6.08 Å². The Morgan fingerprint density at radius 2 is 2.45 bits per heavy atom. The fraction of sp³-hybridized carbons (Fsp3) is 0.125. The Labute approximate surface area is 64.6 Å². The van der Waals surface area contributed by atoms with Crippen molar-refractivity contribution >= 4 is 6.08 Å². The van der Waals surface area contributed by atoms with Crippen molar-refractivity contribution in [2.45, 2.75) is 6.54 Å². The van der Waals surface area contributed by atoms with Crippen LogP contribution in [0.15, 0.2) is 18.8 Å². The van der Waals surface area contributed by atoms with Crippen LogP contribution in [0.2, 0.25) is 0 Å². The number of pyridine rings is 1. The third-order valence-corrected chi connectivity index (χ3v) is 1.39. The lowest BCUT2D eigenvalue weighted by atomic mass is 10.2. The van der Waals surface area contributed by atoms with Crippen LogP contribution in [-0.4, -0.2) is 4.98 Å². The van der Waals surface area contributed by atoms with E-state index < -0.39 is 5.95 Å². The highest BCUT2D eigenvalue weighted by Gasteiger charge is 2.00. The van der Waals surface area contributed by atoms with Gasteiger partial charge in [0.05, 0.1) is 0 Å². The van der Waals surface area contributed by atoms with Crippen molar-refractivity contribution in [1.29, 1.82) is 0 Å². The summed E-state index contributed by atoms with van der Waals surface area (Å²) in [6.07, 6.45) is 3.02. The number of nitrogens with two attached hydrogens (primary N) is 1. The van der Waals surface area contributed by atoms with Crippen LogP contribution >= 0.6 is 0 Å². The molecule has 0 saturated carbocycles. The number of rotatable bonds is 2. The average molecular weight is 152 g/mol. The topological polar surface area (TPSA) is 38.9 Å². The molecule has 2 nitrogen and oxygen atoms in total. The van der Waals surface area contributed by atoms with E-state index >= 15 is 0 Å². The summed E-state index contributed by atoms with van der Waals surface area (Å²) in [4.78, 5) is 3.50. The molecular weight excluding hydrogens is 143 g/mol. The lowest BCUT2D eigenvalue weighted by Crippen LogP contribution is -2.01. The SMILES string of the molecule is C=Cc1cnc(F)c(CN)c1. The molecule has 0 aliphatic carbocycles. The van der Waals surface area contributed by atoms with Gasteiger partial charge in [-0.3, -0.25) is 0 Å². The van der Waals surface area contributed by atoms with Gasteiger partial charge in [0.1, 0.15) is 0 Å². The third-order valence-electron chi connectivity index (χ3n) is 1.39. The molecule has 2 N–H and O–H groups in total. The molecule has 3 heteroatoms. The first-order valence-corrected chi connectivity index (χ1v) is 3.25. The van der Waals surface area contributed by atoms with Gasteiger partial charge in [0.15, 0.2) is 0 Å². The first-order valence-electron chi connectivity index (χ1n) is 3.25. The predicted octanol–water partition coefficient (Wildman–Crippen LogP) is 1.32. The predicted molar refractivity (Wildman–Crippen MR) is 42.2 cm³/mol. The van der Waals surface area contributed by atoms with E-state index in [0.29, 0.717) is 5.56 Å². The monoisotopic (exact) mass is 152 g/mol. The molecule has 0 bridgehead atoms. The van der Waals surface area contributed by atoms with E-state index in [9.17, 15) is 4.39 Å². The standard InChI is InChI=1S/C8H9FN2/c1-2-6-3-7(4-10)8(9)11-5-6/h2-3,5H,1,4,10H2. The second kappa shape index (κ2) is 3.25. The molecule has 0 atom stereocenters. The molecule has 0 radical (unpaired) electrons. The second-order valence-electron chi connectivity index (χ2n) is 2.13. The minimum absolute atomic E-state index is 0.167. The van der Waals surface area contributed by atoms with Crippen molar-refractivity contribution in [3.8, 4) is 0 Å². The van der Waals surface area contributed by atoms with Crippen LogP contribution in [0, 0.1) is 5.95 Å². The molecule has 1 aromatic heterocycles. The molecule has 0 saturated heterocycles. The molecule has 0 amide bonds. The van der Waals surface area contributed by atoms with Crippen LogP contribution in [0.1, 0.15) is 11.1 Å². The fourth-order valence-electron chi connectivity index (χ4n) is 0.767. The minimum atomic E-state index is -0.502. The van der Waals surface area contributed by atoms with E-state index in [2.05, 4.69) is 11.6 Å². The number of nitrogens with zero attached hydrogens (tertiary/aromatic N) is 1. The van der Waals surface area contributed by atoms with Gasteiger partial charge in [-0.2, -0.15) is 4.39 Å². The van der Waals surface area contributed by atoms with E-state index in [1.54, 1.807) is 12.1 Å². The van der Waals surface area contributed by atoms with E-state index in [-0.39, 0.29) is 6.54 Å². The maximum Gasteiger partial charge on any atom is 0.217 e. The maximum absolute atomic E-state index is 12.7. The van der Waals surface area contributed by atoms with Gasteiger partial charge in [0.2, 0.25) is 5.95 Å². The molecule has 1 rings (SSSR count). The minimum Gasteiger partial charge on any atom is -0.326 e. The third kappa shape index (κ3) is 1.62. The molecule has 0 fully saturated rings. The Hall–Kier alpha value is -1.22. The fourth-order valence-corrected chi connectivity index (χ4v) is 0.767. The first-order chi connectivity index (χ1) is 5.27. The summed E-state index contributed by atoms with van der Waals surface area (Å²) < 4.78 is 12.7. The van der Waals surface area contributed by atoms with Gasteiger partial charge in [0.25, 0.3) is 0 Å². The summed E-state index contributed by atoms with van der Waals surface area (Å²) in [6.45, 7) is 3.70. The Morgan fingerprint density at radius 3 is 3.00 bits per heavy atom. The highest BCUT2D eigenvalue weighted by molar-refractivity contribution is 5.46. The molecule has 1 heterocycles. The number of hydrogen-bond donors (Lipinski definition) is 1. The van der Waals surface area contributed by atoms with Crippen LogP contribution < -0.4 is 5.73 Å². The molecule has 0 aromatic carbocycles. The summed E-state index contributed by atoms with van der Waals surface area (Å²) in [5.74, 6) is -0.502. The molecule has 0 unspecified atom stereocenters. The average Bonchev–Trinajstić information content (AvgIpc) is 2.05. The Bertz CT molecular complexity index is 271. The lowest BCUT2D eigenvalue weighted by Gasteiger charge is -1.98. The van der Waals surface area contributed by atoms with Crippen LogP contribution in [0.5, 0.6) is 0 Å². The molecule has 58 valence electrons. The van der Waals surface area contributed by atoms with Crippen molar-refractivity contribution in [1.82, 2.24) is 4.98 Å². The Kier molecular flexibility index (Phi) is 2.33. The molecule has 0 spiro atoms. The highest BCUT2D eigenvalue weighted by Crippen LogP contribution is 2.07. The number of hydrogen-bond acceptors (Lipinski definition) is 2. The zero-order valence-electron chi connectivity index (χ0n) is 6.05. The van der Waals surface area contributed by atoms with Crippen molar-refractivity contribution < 1.29 is 4.39 Å².